The van der Waals surface area contributed by atoms with Crippen LogP contribution in [-0.4, -0.2) is 54.3 Å². The standard InChI is InChI=1S/C15H21NO5/c1-9(2)20-7-3-6-16-8-15-5-4-10(21-15)11(14(18)19)12(15)13(16)17/h4-5,9-12H,3,6-8H2,1-2H3,(H,18,19)/p-1/t10-,11-,12+,15-/m0/s1. The fourth-order valence-electron chi connectivity index (χ4n) is 3.61. The van der Waals surface area contributed by atoms with Crippen molar-refractivity contribution in [3.05, 3.63) is 12.2 Å². The Kier molecular flexibility index (Phi) is 3.53. The van der Waals surface area contributed by atoms with Gasteiger partial charge in [-0.1, -0.05) is 12.2 Å². The van der Waals surface area contributed by atoms with Gasteiger partial charge in [-0.25, -0.2) is 0 Å². The number of likely N-dealkylation sites (tertiary alicyclic amines) is 1. The molecular weight excluding hydrogens is 274 g/mol. The number of rotatable bonds is 6. The van der Waals surface area contributed by atoms with Crippen molar-refractivity contribution >= 4 is 11.9 Å². The van der Waals surface area contributed by atoms with E-state index in [9.17, 15) is 14.7 Å². The van der Waals surface area contributed by atoms with Gasteiger partial charge >= 0.3 is 0 Å². The molecule has 0 aromatic rings. The molecule has 0 aliphatic carbocycles. The molecule has 116 valence electrons. The highest BCUT2D eigenvalue weighted by Gasteiger charge is 2.65. The van der Waals surface area contributed by atoms with E-state index in [0.29, 0.717) is 19.7 Å². The largest absolute Gasteiger partial charge is 0.550 e. The maximum atomic E-state index is 12.5. The maximum Gasteiger partial charge on any atom is 0.229 e. The number of aliphatic carboxylic acids is 1. The Morgan fingerprint density at radius 1 is 1.62 bits per heavy atom. The molecule has 0 N–H and O–H groups in total. The zero-order valence-corrected chi connectivity index (χ0v) is 12.3. The van der Waals surface area contributed by atoms with Crippen molar-refractivity contribution in [3.8, 4) is 0 Å². The van der Waals surface area contributed by atoms with Gasteiger partial charge in [0.05, 0.1) is 24.7 Å². The molecule has 2 saturated heterocycles. The molecule has 3 aliphatic rings. The number of fused-ring (bicyclic) bond motifs is 1. The van der Waals surface area contributed by atoms with Gasteiger partial charge in [0, 0.05) is 25.0 Å². The summed E-state index contributed by atoms with van der Waals surface area (Å²) >= 11 is 0. The maximum absolute atomic E-state index is 12.5. The lowest BCUT2D eigenvalue weighted by molar-refractivity contribution is -0.313. The Labute approximate surface area is 123 Å². The molecule has 3 aliphatic heterocycles. The molecule has 0 aromatic carbocycles. The fourth-order valence-corrected chi connectivity index (χ4v) is 3.61. The van der Waals surface area contributed by atoms with Crippen molar-refractivity contribution in [2.75, 3.05) is 19.7 Å². The first-order chi connectivity index (χ1) is 9.94. The van der Waals surface area contributed by atoms with Crippen molar-refractivity contribution in [1.82, 2.24) is 4.90 Å². The van der Waals surface area contributed by atoms with Crippen LogP contribution in [-0.2, 0) is 19.1 Å². The van der Waals surface area contributed by atoms with Gasteiger partial charge in [0.15, 0.2) is 0 Å². The molecule has 0 saturated carbocycles. The van der Waals surface area contributed by atoms with Crippen molar-refractivity contribution in [1.29, 1.82) is 0 Å². The minimum absolute atomic E-state index is 0.138. The number of hydrogen-bond donors (Lipinski definition) is 0. The molecule has 0 unspecified atom stereocenters. The number of hydrogen-bond acceptors (Lipinski definition) is 5. The molecule has 3 rings (SSSR count). The summed E-state index contributed by atoms with van der Waals surface area (Å²) in [4.78, 5) is 25.5. The molecule has 6 nitrogen and oxygen atoms in total. The first-order valence-corrected chi connectivity index (χ1v) is 7.43. The van der Waals surface area contributed by atoms with Crippen LogP contribution in [0.5, 0.6) is 0 Å². The average molecular weight is 294 g/mol. The summed E-state index contributed by atoms with van der Waals surface area (Å²) in [5.41, 5.74) is -0.759. The quantitative estimate of drug-likeness (QED) is 0.480. The van der Waals surface area contributed by atoms with E-state index in [-0.39, 0.29) is 12.0 Å². The van der Waals surface area contributed by atoms with Gasteiger partial charge in [0.25, 0.3) is 0 Å². The van der Waals surface area contributed by atoms with Crippen LogP contribution in [0.3, 0.4) is 0 Å². The Morgan fingerprint density at radius 3 is 3.05 bits per heavy atom. The summed E-state index contributed by atoms with van der Waals surface area (Å²) in [6.45, 7) is 5.50. The van der Waals surface area contributed by atoms with E-state index in [1.165, 1.54) is 0 Å². The molecule has 1 spiro atoms. The van der Waals surface area contributed by atoms with Gasteiger partial charge in [-0.15, -0.1) is 0 Å². The lowest BCUT2D eigenvalue weighted by Gasteiger charge is -2.24. The SMILES string of the molecule is CC(C)OCCCN1C[C@]23C=C[C@H](O2)[C@H](C(=O)[O-])[C@@H]3C1=O. The third kappa shape index (κ3) is 2.26. The zero-order chi connectivity index (χ0) is 15.2. The highest BCUT2D eigenvalue weighted by atomic mass is 16.5. The normalized spacial score (nSPS) is 36.8. The summed E-state index contributed by atoms with van der Waals surface area (Å²) in [7, 11) is 0. The Morgan fingerprint density at radius 2 is 2.38 bits per heavy atom. The van der Waals surface area contributed by atoms with Crippen LogP contribution >= 0.6 is 0 Å². The lowest BCUT2D eigenvalue weighted by Crippen LogP contribution is -2.45. The van der Waals surface area contributed by atoms with Crippen LogP contribution in [0.2, 0.25) is 0 Å². The van der Waals surface area contributed by atoms with E-state index in [2.05, 4.69) is 0 Å². The van der Waals surface area contributed by atoms with Gasteiger partial charge in [-0.05, 0) is 20.3 Å². The van der Waals surface area contributed by atoms with E-state index in [1.54, 1.807) is 11.0 Å². The number of carboxylic acids is 1. The Hall–Kier alpha value is -1.40. The fraction of sp³-hybridized carbons (Fsp3) is 0.733. The highest BCUT2D eigenvalue weighted by Crippen LogP contribution is 2.51. The van der Waals surface area contributed by atoms with E-state index < -0.39 is 29.5 Å². The summed E-state index contributed by atoms with van der Waals surface area (Å²) in [5, 5.41) is 11.3. The summed E-state index contributed by atoms with van der Waals surface area (Å²) in [5.74, 6) is -2.84. The number of carbonyl (C=O) groups is 2. The molecule has 2 fully saturated rings. The molecule has 3 heterocycles. The van der Waals surface area contributed by atoms with E-state index >= 15 is 0 Å². The summed E-state index contributed by atoms with van der Waals surface area (Å²) in [6.07, 6.45) is 3.98. The van der Waals surface area contributed by atoms with Crippen LogP contribution in [0.1, 0.15) is 20.3 Å². The molecule has 1 amide bonds. The van der Waals surface area contributed by atoms with Crippen molar-refractivity contribution in [2.24, 2.45) is 11.8 Å². The number of ether oxygens (including phenoxy) is 2. The molecular formula is C15H20NO5-. The minimum atomic E-state index is -1.20. The predicted molar refractivity (Wildman–Crippen MR) is 71.0 cm³/mol. The topological polar surface area (TPSA) is 78.9 Å². The Balaban J connectivity index is 1.65. The molecule has 4 atom stereocenters. The van der Waals surface area contributed by atoms with Crippen LogP contribution in [0.25, 0.3) is 0 Å². The molecule has 0 radical (unpaired) electrons. The third-order valence-corrected chi connectivity index (χ3v) is 4.47. The molecule has 6 heteroatoms. The second-order valence-corrected chi connectivity index (χ2v) is 6.25. The molecule has 2 bridgehead atoms. The van der Waals surface area contributed by atoms with Crippen molar-refractivity contribution < 1.29 is 24.2 Å². The average Bonchev–Trinajstić information content (AvgIpc) is 3.03. The van der Waals surface area contributed by atoms with Gasteiger partial charge in [0.1, 0.15) is 5.60 Å². The van der Waals surface area contributed by atoms with Crippen LogP contribution in [0, 0.1) is 11.8 Å². The number of carboxylic acid groups (broad SMARTS) is 1. The zero-order valence-electron chi connectivity index (χ0n) is 12.3. The van der Waals surface area contributed by atoms with Gasteiger partial charge in [-0.2, -0.15) is 0 Å². The van der Waals surface area contributed by atoms with Gasteiger partial charge in [0.2, 0.25) is 5.91 Å². The monoisotopic (exact) mass is 294 g/mol. The number of amides is 1. The first-order valence-electron chi connectivity index (χ1n) is 7.43. The van der Waals surface area contributed by atoms with Crippen LogP contribution in [0.15, 0.2) is 12.2 Å². The molecule has 0 aromatic heterocycles. The van der Waals surface area contributed by atoms with E-state index in [4.69, 9.17) is 9.47 Å². The minimum Gasteiger partial charge on any atom is -0.550 e. The van der Waals surface area contributed by atoms with Crippen molar-refractivity contribution in [3.63, 3.8) is 0 Å². The van der Waals surface area contributed by atoms with E-state index in [0.717, 1.165) is 6.42 Å². The second-order valence-electron chi connectivity index (χ2n) is 6.25. The smallest absolute Gasteiger partial charge is 0.229 e. The number of carbonyl (C=O) groups excluding carboxylic acids is 2. The highest BCUT2D eigenvalue weighted by molar-refractivity contribution is 5.90. The third-order valence-electron chi connectivity index (χ3n) is 4.47. The first kappa shape index (κ1) is 14.5. The van der Waals surface area contributed by atoms with Crippen LogP contribution in [0.4, 0.5) is 0 Å². The molecule has 21 heavy (non-hydrogen) atoms. The van der Waals surface area contributed by atoms with Gasteiger partial charge in [-0.3, -0.25) is 4.79 Å². The summed E-state index contributed by atoms with van der Waals surface area (Å²) < 4.78 is 11.2. The lowest BCUT2D eigenvalue weighted by atomic mass is 9.77. The number of nitrogens with zero attached hydrogens (tertiary/aromatic N) is 1. The van der Waals surface area contributed by atoms with Crippen LogP contribution < -0.4 is 5.11 Å². The van der Waals surface area contributed by atoms with Crippen molar-refractivity contribution in [2.45, 2.75) is 38.1 Å². The van der Waals surface area contributed by atoms with Gasteiger partial charge < -0.3 is 24.3 Å². The second kappa shape index (κ2) is 5.10. The van der Waals surface area contributed by atoms with E-state index in [1.807, 2.05) is 19.9 Å². The predicted octanol–water partition coefficient (Wildman–Crippen LogP) is -0.667. The Bertz CT molecular complexity index is 488. The summed E-state index contributed by atoms with van der Waals surface area (Å²) in [6, 6.07) is 0.